The molecular weight excluding hydrogens is 590 g/mol. The molecule has 0 saturated carbocycles. The van der Waals surface area contributed by atoms with Crippen LogP contribution in [0.25, 0.3) is 44.5 Å². The lowest BCUT2D eigenvalue weighted by molar-refractivity contribution is 0.620. The second kappa shape index (κ2) is 11.6. The summed E-state index contributed by atoms with van der Waals surface area (Å²) in [5.74, 6) is 0.569. The van der Waals surface area contributed by atoms with Crippen molar-refractivity contribution in [1.82, 2.24) is 4.98 Å². The number of benzene rings is 7. The van der Waals surface area contributed by atoms with Crippen LogP contribution in [-0.2, 0) is 0 Å². The molecule has 5 heteroatoms. The Labute approximate surface area is 277 Å². The number of oxazole rings is 1. The van der Waals surface area contributed by atoms with Crippen molar-refractivity contribution < 1.29 is 8.83 Å². The van der Waals surface area contributed by atoms with E-state index in [0.29, 0.717) is 11.5 Å². The molecule has 0 bridgehead atoms. The Morgan fingerprint density at radius 1 is 0.396 bits per heavy atom. The van der Waals surface area contributed by atoms with Crippen LogP contribution in [0.3, 0.4) is 0 Å². The summed E-state index contributed by atoms with van der Waals surface area (Å²) in [6.07, 6.45) is 0. The van der Waals surface area contributed by atoms with Crippen LogP contribution in [0.1, 0.15) is 0 Å². The van der Waals surface area contributed by atoms with Crippen LogP contribution in [0.4, 0.5) is 34.1 Å². The van der Waals surface area contributed by atoms with Gasteiger partial charge in [-0.3, -0.25) is 0 Å². The highest BCUT2D eigenvalue weighted by Crippen LogP contribution is 2.46. The van der Waals surface area contributed by atoms with Crippen molar-refractivity contribution >= 4 is 67.2 Å². The first kappa shape index (κ1) is 27.7. The number of nitrogens with zero attached hydrogens (tertiary/aromatic N) is 3. The Morgan fingerprint density at radius 2 is 0.958 bits per heavy atom. The molecule has 9 aromatic rings. The van der Waals surface area contributed by atoms with Gasteiger partial charge in [0.2, 0.25) is 5.89 Å². The number of anilines is 6. The van der Waals surface area contributed by atoms with Crippen LogP contribution in [0.2, 0.25) is 0 Å². The van der Waals surface area contributed by atoms with Crippen LogP contribution < -0.4 is 9.80 Å². The Kier molecular flexibility index (Phi) is 6.72. The van der Waals surface area contributed by atoms with E-state index in [4.69, 9.17) is 13.8 Å². The van der Waals surface area contributed by atoms with Gasteiger partial charge in [0.25, 0.3) is 0 Å². The maximum Gasteiger partial charge on any atom is 0.227 e. The zero-order chi connectivity index (χ0) is 31.9. The van der Waals surface area contributed by atoms with Crippen LogP contribution in [0.5, 0.6) is 0 Å². The molecule has 0 unspecified atom stereocenters. The highest BCUT2D eigenvalue weighted by molar-refractivity contribution is 6.07. The largest absolute Gasteiger partial charge is 0.456 e. The molecule has 0 atom stereocenters. The standard InChI is InChI=1S/C43H29N3O2/c1-5-15-30(16-6-1)43-44-38-28-35(45(31-17-7-2-8-18-31)32-19-9-3-10-20-32)29-39(42(38)48-43)46(33-21-11-4-12-22-33)34-25-26-41-37(27-34)36-23-13-14-24-40(36)47-41/h1-29H. The summed E-state index contributed by atoms with van der Waals surface area (Å²) in [6, 6.07) is 60.2. The molecule has 0 aliphatic heterocycles. The Balaban J connectivity index is 1.34. The van der Waals surface area contributed by atoms with Crippen molar-refractivity contribution in [3.8, 4) is 11.5 Å². The average Bonchev–Trinajstić information content (AvgIpc) is 3.76. The van der Waals surface area contributed by atoms with E-state index in [1.807, 2.05) is 66.7 Å². The summed E-state index contributed by atoms with van der Waals surface area (Å²) >= 11 is 0. The van der Waals surface area contributed by atoms with E-state index in [9.17, 15) is 0 Å². The third kappa shape index (κ3) is 4.86. The third-order valence-corrected chi connectivity index (χ3v) is 8.64. The van der Waals surface area contributed by atoms with Gasteiger partial charge in [0.05, 0.1) is 11.4 Å². The fourth-order valence-corrected chi connectivity index (χ4v) is 6.46. The van der Waals surface area contributed by atoms with Gasteiger partial charge in [-0.2, -0.15) is 0 Å². The number of rotatable bonds is 7. The average molecular weight is 620 g/mol. The van der Waals surface area contributed by atoms with Crippen LogP contribution in [0, 0.1) is 0 Å². The molecule has 9 rings (SSSR count). The Hall–Kier alpha value is -6.59. The minimum absolute atomic E-state index is 0.569. The molecule has 0 radical (unpaired) electrons. The van der Waals surface area contributed by atoms with E-state index in [1.165, 1.54) is 0 Å². The van der Waals surface area contributed by atoms with E-state index in [2.05, 4.69) is 119 Å². The summed E-state index contributed by atoms with van der Waals surface area (Å²) in [5, 5.41) is 2.13. The summed E-state index contributed by atoms with van der Waals surface area (Å²) in [7, 11) is 0. The first-order chi connectivity index (χ1) is 23.8. The molecule has 0 N–H and O–H groups in total. The highest BCUT2D eigenvalue weighted by Gasteiger charge is 2.24. The molecular formula is C43H29N3O2. The van der Waals surface area contributed by atoms with Gasteiger partial charge in [0.15, 0.2) is 5.58 Å². The van der Waals surface area contributed by atoms with E-state index < -0.39 is 0 Å². The first-order valence-electron chi connectivity index (χ1n) is 16.0. The van der Waals surface area contributed by atoms with Gasteiger partial charge in [-0.15, -0.1) is 0 Å². The van der Waals surface area contributed by atoms with Gasteiger partial charge >= 0.3 is 0 Å². The smallest absolute Gasteiger partial charge is 0.227 e. The summed E-state index contributed by atoms with van der Waals surface area (Å²) in [6.45, 7) is 0. The molecule has 2 heterocycles. The second-order valence-corrected chi connectivity index (χ2v) is 11.7. The van der Waals surface area contributed by atoms with Gasteiger partial charge in [-0.1, -0.05) is 91.0 Å². The number of hydrogen-bond donors (Lipinski definition) is 0. The van der Waals surface area contributed by atoms with Crippen molar-refractivity contribution in [2.24, 2.45) is 0 Å². The first-order valence-corrected chi connectivity index (χ1v) is 16.0. The fraction of sp³-hybridized carbons (Fsp3) is 0. The minimum atomic E-state index is 0.569. The lowest BCUT2D eigenvalue weighted by Crippen LogP contribution is -2.13. The number of fused-ring (bicyclic) bond motifs is 4. The van der Waals surface area contributed by atoms with Crippen LogP contribution in [0.15, 0.2) is 185 Å². The van der Waals surface area contributed by atoms with Gasteiger partial charge in [0.1, 0.15) is 16.7 Å². The SMILES string of the molecule is c1ccc(-c2nc3cc(N(c4ccccc4)c4ccccc4)cc(N(c4ccccc4)c4ccc5oc6ccccc6c5c4)c3o2)cc1. The quantitative estimate of drug-likeness (QED) is 0.178. The second-order valence-electron chi connectivity index (χ2n) is 11.7. The molecule has 228 valence electrons. The molecule has 2 aromatic heterocycles. The van der Waals surface area contributed by atoms with Crippen molar-refractivity contribution in [1.29, 1.82) is 0 Å². The van der Waals surface area contributed by atoms with Gasteiger partial charge in [-0.05, 0) is 84.9 Å². The Morgan fingerprint density at radius 3 is 1.62 bits per heavy atom. The minimum Gasteiger partial charge on any atom is -0.456 e. The van der Waals surface area contributed by atoms with Crippen LogP contribution in [-0.4, -0.2) is 4.98 Å². The lowest BCUT2D eigenvalue weighted by Gasteiger charge is -2.29. The van der Waals surface area contributed by atoms with Crippen molar-refractivity contribution in [2.75, 3.05) is 9.80 Å². The van der Waals surface area contributed by atoms with E-state index in [0.717, 1.165) is 67.1 Å². The molecule has 0 saturated heterocycles. The zero-order valence-corrected chi connectivity index (χ0v) is 25.9. The predicted octanol–water partition coefficient (Wildman–Crippen LogP) is 12.3. The highest BCUT2D eigenvalue weighted by atomic mass is 16.3. The van der Waals surface area contributed by atoms with Gasteiger partial charge in [0, 0.05) is 39.1 Å². The maximum atomic E-state index is 6.71. The van der Waals surface area contributed by atoms with Crippen molar-refractivity contribution in [3.05, 3.63) is 176 Å². The lowest BCUT2D eigenvalue weighted by atomic mass is 10.1. The third-order valence-electron chi connectivity index (χ3n) is 8.64. The molecule has 0 aliphatic carbocycles. The van der Waals surface area contributed by atoms with Crippen molar-refractivity contribution in [3.63, 3.8) is 0 Å². The van der Waals surface area contributed by atoms with Crippen molar-refractivity contribution in [2.45, 2.75) is 0 Å². The Bertz CT molecular complexity index is 2470. The molecule has 0 fully saturated rings. The van der Waals surface area contributed by atoms with Crippen LogP contribution >= 0.6 is 0 Å². The summed E-state index contributed by atoms with van der Waals surface area (Å²) in [5.41, 5.74) is 9.95. The molecule has 48 heavy (non-hydrogen) atoms. The van der Waals surface area contributed by atoms with E-state index in [-0.39, 0.29) is 0 Å². The number of hydrogen-bond acceptors (Lipinski definition) is 5. The topological polar surface area (TPSA) is 45.7 Å². The zero-order valence-electron chi connectivity index (χ0n) is 25.9. The molecule has 0 aliphatic rings. The predicted molar refractivity (Wildman–Crippen MR) is 196 cm³/mol. The maximum absolute atomic E-state index is 6.71. The van der Waals surface area contributed by atoms with Gasteiger partial charge in [-0.25, -0.2) is 4.98 Å². The molecule has 7 aromatic carbocycles. The monoisotopic (exact) mass is 619 g/mol. The van der Waals surface area contributed by atoms with E-state index in [1.54, 1.807) is 0 Å². The van der Waals surface area contributed by atoms with Gasteiger partial charge < -0.3 is 18.6 Å². The molecule has 0 amide bonds. The molecule has 0 spiro atoms. The summed E-state index contributed by atoms with van der Waals surface area (Å²) < 4.78 is 12.9. The normalized spacial score (nSPS) is 11.3. The molecule has 5 nitrogen and oxygen atoms in total. The summed E-state index contributed by atoms with van der Waals surface area (Å²) in [4.78, 5) is 9.60. The number of para-hydroxylation sites is 4. The van der Waals surface area contributed by atoms with E-state index >= 15 is 0 Å². The fourth-order valence-electron chi connectivity index (χ4n) is 6.46. The number of aromatic nitrogens is 1. The number of furan rings is 1.